The predicted octanol–water partition coefficient (Wildman–Crippen LogP) is 1.93. The van der Waals surface area contributed by atoms with Crippen molar-refractivity contribution in [3.8, 4) is 0 Å². The van der Waals surface area contributed by atoms with Crippen LogP contribution >= 0.6 is 0 Å². The molecule has 1 spiro atoms. The zero-order chi connectivity index (χ0) is 13.2. The summed E-state index contributed by atoms with van der Waals surface area (Å²) in [5.74, 6) is -0.777. The normalized spacial score (nSPS) is 24.3. The van der Waals surface area contributed by atoms with Gasteiger partial charge in [-0.3, -0.25) is 4.79 Å². The number of piperidine rings is 2. The van der Waals surface area contributed by atoms with Crippen LogP contribution in [0, 0.1) is 5.41 Å². The summed E-state index contributed by atoms with van der Waals surface area (Å²) in [4.78, 5) is 12.8. The van der Waals surface area contributed by atoms with E-state index in [9.17, 15) is 18.0 Å². The molecule has 0 saturated carbocycles. The van der Waals surface area contributed by atoms with Crippen LogP contribution in [0.25, 0.3) is 0 Å². The summed E-state index contributed by atoms with van der Waals surface area (Å²) < 4.78 is 36.5. The Morgan fingerprint density at radius 1 is 1.22 bits per heavy atom. The second-order valence-corrected chi connectivity index (χ2v) is 5.45. The molecule has 0 bridgehead atoms. The summed E-state index contributed by atoms with van der Waals surface area (Å²) in [6, 6.07) is 0. The number of hydrogen-bond donors (Lipinski definition) is 1. The van der Waals surface area contributed by atoms with Gasteiger partial charge < -0.3 is 10.2 Å². The van der Waals surface area contributed by atoms with Gasteiger partial charge in [0.2, 0.25) is 5.91 Å². The molecular weight excluding hydrogens is 245 g/mol. The monoisotopic (exact) mass is 264 g/mol. The van der Waals surface area contributed by atoms with E-state index in [0.717, 1.165) is 38.8 Å². The fourth-order valence-electron chi connectivity index (χ4n) is 2.97. The van der Waals surface area contributed by atoms with Crippen LogP contribution < -0.4 is 5.32 Å². The van der Waals surface area contributed by atoms with E-state index in [-0.39, 0.29) is 5.41 Å². The molecule has 2 aliphatic heterocycles. The number of carbonyl (C=O) groups excluding carboxylic acids is 1. The maximum atomic E-state index is 12.2. The van der Waals surface area contributed by atoms with Gasteiger partial charge >= 0.3 is 6.18 Å². The van der Waals surface area contributed by atoms with Crippen molar-refractivity contribution in [2.45, 2.75) is 38.3 Å². The first-order valence-electron chi connectivity index (χ1n) is 6.46. The minimum Gasteiger partial charge on any atom is -0.342 e. The Hall–Kier alpha value is -0.780. The van der Waals surface area contributed by atoms with Gasteiger partial charge in [0, 0.05) is 19.6 Å². The Kier molecular flexibility index (Phi) is 3.84. The molecule has 0 aromatic carbocycles. The fraction of sp³-hybridized carbons (Fsp3) is 0.917. The van der Waals surface area contributed by atoms with Gasteiger partial charge in [0.1, 0.15) is 6.42 Å². The zero-order valence-corrected chi connectivity index (χ0v) is 10.4. The number of likely N-dealkylation sites (tertiary alicyclic amines) is 1. The molecule has 104 valence electrons. The number of alkyl halides is 3. The van der Waals surface area contributed by atoms with E-state index in [0.29, 0.717) is 13.1 Å². The molecular formula is C12H19F3N2O. The molecule has 2 aliphatic rings. The van der Waals surface area contributed by atoms with E-state index in [1.165, 1.54) is 4.90 Å². The number of rotatable bonds is 1. The molecule has 0 aliphatic carbocycles. The van der Waals surface area contributed by atoms with Crippen molar-refractivity contribution in [2.75, 3.05) is 26.2 Å². The lowest BCUT2D eigenvalue weighted by Crippen LogP contribution is -2.49. The van der Waals surface area contributed by atoms with E-state index < -0.39 is 18.5 Å². The Labute approximate surface area is 105 Å². The van der Waals surface area contributed by atoms with Gasteiger partial charge in [-0.05, 0) is 37.6 Å². The predicted molar refractivity (Wildman–Crippen MR) is 61.0 cm³/mol. The van der Waals surface area contributed by atoms with Crippen molar-refractivity contribution in [1.82, 2.24) is 10.2 Å². The van der Waals surface area contributed by atoms with Crippen molar-refractivity contribution in [1.29, 1.82) is 0 Å². The van der Waals surface area contributed by atoms with Crippen LogP contribution in [-0.4, -0.2) is 43.2 Å². The molecule has 0 aromatic rings. The summed E-state index contributed by atoms with van der Waals surface area (Å²) in [5, 5.41) is 3.34. The molecule has 3 nitrogen and oxygen atoms in total. The zero-order valence-electron chi connectivity index (χ0n) is 10.4. The molecule has 6 heteroatoms. The van der Waals surface area contributed by atoms with E-state index in [2.05, 4.69) is 5.32 Å². The molecule has 0 unspecified atom stereocenters. The highest BCUT2D eigenvalue weighted by Crippen LogP contribution is 2.37. The molecule has 1 N–H and O–H groups in total. The maximum absolute atomic E-state index is 12.2. The third kappa shape index (κ3) is 3.37. The van der Waals surface area contributed by atoms with Crippen LogP contribution in [0.2, 0.25) is 0 Å². The standard InChI is InChI=1S/C12H19F3N2O/c13-12(14,15)8-10(18)17-6-3-11(4-7-17)2-1-5-16-9-11/h16H,1-9H2. The fourth-order valence-corrected chi connectivity index (χ4v) is 2.97. The van der Waals surface area contributed by atoms with Crippen LogP contribution in [0.3, 0.4) is 0 Å². The average molecular weight is 264 g/mol. The maximum Gasteiger partial charge on any atom is 0.397 e. The molecule has 0 radical (unpaired) electrons. The number of nitrogens with one attached hydrogen (secondary N) is 1. The highest BCUT2D eigenvalue weighted by molar-refractivity contribution is 5.76. The summed E-state index contributed by atoms with van der Waals surface area (Å²) in [6.07, 6.45) is -1.82. The van der Waals surface area contributed by atoms with Gasteiger partial charge in [-0.25, -0.2) is 0 Å². The van der Waals surface area contributed by atoms with Gasteiger partial charge in [-0.2, -0.15) is 13.2 Å². The van der Waals surface area contributed by atoms with Gasteiger partial charge in [-0.15, -0.1) is 0 Å². The quantitative estimate of drug-likeness (QED) is 0.785. The summed E-state index contributed by atoms with van der Waals surface area (Å²) in [6.45, 7) is 2.90. The Bertz CT molecular complexity index is 301. The highest BCUT2D eigenvalue weighted by Gasteiger charge is 2.39. The summed E-state index contributed by atoms with van der Waals surface area (Å²) in [7, 11) is 0. The van der Waals surface area contributed by atoms with Crippen LogP contribution in [0.15, 0.2) is 0 Å². The molecule has 2 saturated heterocycles. The summed E-state index contributed by atoms with van der Waals surface area (Å²) in [5.41, 5.74) is 0.216. The van der Waals surface area contributed by atoms with Crippen molar-refractivity contribution in [3.63, 3.8) is 0 Å². The number of carbonyl (C=O) groups is 1. The number of hydrogen-bond acceptors (Lipinski definition) is 2. The summed E-state index contributed by atoms with van der Waals surface area (Å²) >= 11 is 0. The van der Waals surface area contributed by atoms with Crippen molar-refractivity contribution in [2.24, 2.45) is 5.41 Å². The average Bonchev–Trinajstić information content (AvgIpc) is 2.28. The van der Waals surface area contributed by atoms with Crippen molar-refractivity contribution >= 4 is 5.91 Å². The third-order valence-corrected chi connectivity index (χ3v) is 4.09. The third-order valence-electron chi connectivity index (χ3n) is 4.09. The lowest BCUT2D eigenvalue weighted by Gasteiger charge is -2.44. The molecule has 2 rings (SSSR count). The number of amides is 1. The van der Waals surface area contributed by atoms with Crippen LogP contribution in [0.1, 0.15) is 32.1 Å². The molecule has 2 heterocycles. The molecule has 18 heavy (non-hydrogen) atoms. The second kappa shape index (κ2) is 5.07. The number of nitrogens with zero attached hydrogens (tertiary/aromatic N) is 1. The lowest BCUT2D eigenvalue weighted by molar-refractivity contribution is -0.163. The van der Waals surface area contributed by atoms with E-state index in [4.69, 9.17) is 0 Å². The minimum atomic E-state index is -4.39. The van der Waals surface area contributed by atoms with Crippen LogP contribution in [0.4, 0.5) is 13.2 Å². The van der Waals surface area contributed by atoms with Gasteiger partial charge in [0.15, 0.2) is 0 Å². The first-order valence-corrected chi connectivity index (χ1v) is 6.46. The van der Waals surface area contributed by atoms with Gasteiger partial charge in [-0.1, -0.05) is 0 Å². The van der Waals surface area contributed by atoms with Crippen LogP contribution in [-0.2, 0) is 4.79 Å². The van der Waals surface area contributed by atoms with Gasteiger partial charge in [0.25, 0.3) is 0 Å². The Balaban J connectivity index is 1.84. The first kappa shape index (κ1) is 13.6. The Morgan fingerprint density at radius 3 is 2.39 bits per heavy atom. The Morgan fingerprint density at radius 2 is 1.89 bits per heavy atom. The van der Waals surface area contributed by atoms with E-state index >= 15 is 0 Å². The van der Waals surface area contributed by atoms with E-state index in [1.807, 2.05) is 0 Å². The second-order valence-electron chi connectivity index (χ2n) is 5.45. The SMILES string of the molecule is O=C(CC(F)(F)F)N1CCC2(CCCNC2)CC1. The topological polar surface area (TPSA) is 32.3 Å². The molecule has 2 fully saturated rings. The molecule has 1 amide bonds. The minimum absolute atomic E-state index is 0.216. The van der Waals surface area contributed by atoms with Crippen molar-refractivity contribution in [3.05, 3.63) is 0 Å². The smallest absolute Gasteiger partial charge is 0.342 e. The molecule has 0 aromatic heterocycles. The van der Waals surface area contributed by atoms with Gasteiger partial charge in [0.05, 0.1) is 0 Å². The molecule has 0 atom stereocenters. The largest absolute Gasteiger partial charge is 0.397 e. The van der Waals surface area contributed by atoms with Crippen LogP contribution in [0.5, 0.6) is 0 Å². The number of halogens is 3. The lowest BCUT2D eigenvalue weighted by atomic mass is 9.73. The van der Waals surface area contributed by atoms with E-state index in [1.54, 1.807) is 0 Å². The highest BCUT2D eigenvalue weighted by atomic mass is 19.4. The van der Waals surface area contributed by atoms with Crippen molar-refractivity contribution < 1.29 is 18.0 Å². The first-order chi connectivity index (χ1) is 8.40.